The highest BCUT2D eigenvalue weighted by atomic mass is 79.9. The van der Waals surface area contributed by atoms with E-state index in [2.05, 4.69) is 52.1 Å². The summed E-state index contributed by atoms with van der Waals surface area (Å²) >= 11 is 8.21. The van der Waals surface area contributed by atoms with Gasteiger partial charge in [-0.05, 0) is 97.6 Å². The van der Waals surface area contributed by atoms with E-state index in [1.807, 2.05) is 112 Å². The average Bonchev–Trinajstić information content (AvgIpc) is 2.94. The molecule has 0 aliphatic rings. The van der Waals surface area contributed by atoms with Crippen LogP contribution in [0.15, 0.2) is 118 Å². The maximum absolute atomic E-state index is 6.38. The highest BCUT2D eigenvalue weighted by Crippen LogP contribution is 2.29. The zero-order valence-corrected chi connectivity index (χ0v) is 25.9. The first-order valence-electron chi connectivity index (χ1n) is 12.7. The van der Waals surface area contributed by atoms with E-state index < -0.39 is 0 Å². The molecule has 3 rings (SSSR count). The van der Waals surface area contributed by atoms with Gasteiger partial charge in [0.05, 0.1) is 0 Å². The number of aryl methyl sites for hydroxylation is 1. The third-order valence-corrected chi connectivity index (χ3v) is 6.65. The predicted molar refractivity (Wildman–Crippen MR) is 172 cm³/mol. The van der Waals surface area contributed by atoms with Gasteiger partial charge in [-0.1, -0.05) is 59.8 Å². The molecule has 6 heteroatoms. The second-order valence-electron chi connectivity index (χ2n) is 8.62. The molecule has 0 spiro atoms. The minimum Gasteiger partial charge on any atom is -0.585 e. The number of nitrogens with one attached hydrogen (secondary N) is 1. The topological polar surface area (TPSA) is 43.3 Å². The van der Waals surface area contributed by atoms with Gasteiger partial charge < -0.3 is 19.5 Å². The van der Waals surface area contributed by atoms with Crippen molar-refractivity contribution in [2.75, 3.05) is 20.7 Å². The van der Waals surface area contributed by atoms with Crippen molar-refractivity contribution < 1.29 is 14.2 Å². The molecule has 4 nitrogen and oxygen atoms in total. The second-order valence-corrected chi connectivity index (χ2v) is 10.1. The summed E-state index contributed by atoms with van der Waals surface area (Å²) in [6.45, 7) is 11.6. The lowest BCUT2D eigenvalue weighted by Gasteiger charge is -2.14. The molecule has 3 aromatic rings. The summed E-state index contributed by atoms with van der Waals surface area (Å²) in [5, 5.41) is 2.93. The van der Waals surface area contributed by atoms with Crippen molar-refractivity contribution in [2.45, 2.75) is 27.4 Å². The van der Waals surface area contributed by atoms with E-state index in [4.69, 9.17) is 9.47 Å². The van der Waals surface area contributed by atoms with Crippen LogP contribution in [0.4, 0.5) is 0 Å². The molecule has 206 valence electrons. The fourth-order valence-electron chi connectivity index (χ4n) is 3.20. The first kappa shape index (κ1) is 32.0. The van der Waals surface area contributed by atoms with Crippen molar-refractivity contribution in [3.05, 3.63) is 135 Å². The molecule has 0 radical (unpaired) electrons. The van der Waals surface area contributed by atoms with Gasteiger partial charge in [-0.2, -0.15) is 0 Å². The van der Waals surface area contributed by atoms with E-state index >= 15 is 0 Å². The van der Waals surface area contributed by atoms with Crippen molar-refractivity contribution >= 4 is 34.6 Å². The lowest BCUT2D eigenvalue weighted by atomic mass is 10.1. The molecular formula is C33H39BrNO3S+. The predicted octanol–water partition coefficient (Wildman–Crippen LogP) is 8.76. The number of halogens is 1. The highest BCUT2D eigenvalue weighted by Gasteiger charge is 2.11. The molecule has 39 heavy (non-hydrogen) atoms. The van der Waals surface area contributed by atoms with Crippen LogP contribution in [0.25, 0.3) is 6.08 Å². The van der Waals surface area contributed by atoms with Gasteiger partial charge in [-0.25, -0.2) is 0 Å². The Morgan fingerprint density at radius 1 is 1.05 bits per heavy atom. The van der Waals surface area contributed by atoms with Crippen molar-refractivity contribution in [1.29, 1.82) is 0 Å². The van der Waals surface area contributed by atoms with Crippen LogP contribution in [-0.4, -0.2) is 25.4 Å². The summed E-state index contributed by atoms with van der Waals surface area (Å²) in [6, 6.07) is 23.9. The molecular weight excluding hydrogens is 570 g/mol. The van der Waals surface area contributed by atoms with Gasteiger partial charge in [-0.3, -0.25) is 0 Å². The highest BCUT2D eigenvalue weighted by molar-refractivity contribution is 9.10. The van der Waals surface area contributed by atoms with Gasteiger partial charge in [-0.15, -0.1) is 12.6 Å². The summed E-state index contributed by atoms with van der Waals surface area (Å²) in [4.78, 5) is 0.803. The Hall–Kier alpha value is -3.19. The Morgan fingerprint density at radius 3 is 2.28 bits per heavy atom. The minimum atomic E-state index is 0.453. The quantitative estimate of drug-likeness (QED) is 0.0989. The first-order valence-corrected chi connectivity index (χ1v) is 14.0. The van der Waals surface area contributed by atoms with Crippen molar-refractivity contribution in [3.63, 3.8) is 0 Å². The van der Waals surface area contributed by atoms with Gasteiger partial charge in [0.1, 0.15) is 23.9 Å². The maximum Gasteiger partial charge on any atom is 0.254 e. The van der Waals surface area contributed by atoms with E-state index in [0.29, 0.717) is 18.1 Å². The van der Waals surface area contributed by atoms with Gasteiger partial charge in [0.2, 0.25) is 0 Å². The first-order chi connectivity index (χ1) is 18.8. The number of hydrogen-bond acceptors (Lipinski definition) is 4. The molecule has 0 aliphatic heterocycles. The smallest absolute Gasteiger partial charge is 0.254 e. The number of benzene rings is 3. The Bertz CT molecular complexity index is 1280. The molecule has 0 aromatic heterocycles. The minimum absolute atomic E-state index is 0.453. The summed E-state index contributed by atoms with van der Waals surface area (Å²) in [5.41, 5.74) is 3.98. The molecule has 0 heterocycles. The standard InChI is InChI=1S/C30H29BrO3S.C3H9N/c1-21-18-27(15-17-29(21)31)34-30(19-24-11-13-26(32-4)14-12-24)28(23(3)35)16-10-22(2)33-20-25-8-6-5-7-9-25;1-3-4-2/h5-19,35H,2,20H2,1,3-4H3;4H,3H2,1-2H3/p+1/b16-10-,28-23-,30-19-;. The van der Waals surface area contributed by atoms with Crippen LogP contribution in [0.5, 0.6) is 11.5 Å². The number of thiol groups is 1. The molecule has 0 amide bonds. The summed E-state index contributed by atoms with van der Waals surface area (Å²) in [6.07, 6.45) is 5.74. The van der Waals surface area contributed by atoms with Crippen LogP contribution < -0.4 is 10.1 Å². The Labute approximate surface area is 247 Å². The molecule has 0 unspecified atom stereocenters. The number of allylic oxidation sites excluding steroid dienone is 3. The Balaban J connectivity index is 0.00000124. The van der Waals surface area contributed by atoms with Gasteiger partial charge in [0, 0.05) is 22.2 Å². The third-order valence-electron chi connectivity index (χ3n) is 5.52. The summed E-state index contributed by atoms with van der Waals surface area (Å²) in [7, 11) is 3.71. The zero-order chi connectivity index (χ0) is 28.6. The van der Waals surface area contributed by atoms with Crippen LogP contribution in [0, 0.1) is 6.92 Å². The largest absolute Gasteiger partial charge is 0.585 e. The van der Waals surface area contributed by atoms with Crippen molar-refractivity contribution in [2.24, 2.45) is 0 Å². The molecule has 0 aliphatic carbocycles. The molecule has 0 saturated heterocycles. The zero-order valence-electron chi connectivity index (χ0n) is 23.4. The van der Waals surface area contributed by atoms with Gasteiger partial charge >= 0.3 is 0 Å². The van der Waals surface area contributed by atoms with Gasteiger partial charge in [0.25, 0.3) is 5.75 Å². The lowest BCUT2D eigenvalue weighted by molar-refractivity contribution is 0.136. The SMILES string of the molecule is C=C(\C=C/C(C(=C/c1ccc([OH+]C)cc1)/Oc1ccc(Br)c(C)c1)=C(\C)S)OCc1ccccc1.CCNC. The van der Waals surface area contributed by atoms with Crippen LogP contribution in [-0.2, 0) is 11.3 Å². The molecule has 0 atom stereocenters. The van der Waals surface area contributed by atoms with Crippen LogP contribution in [0.3, 0.4) is 0 Å². The van der Waals surface area contributed by atoms with Crippen LogP contribution >= 0.6 is 28.6 Å². The molecule has 0 fully saturated rings. The van der Waals surface area contributed by atoms with E-state index in [1.54, 1.807) is 7.11 Å². The maximum atomic E-state index is 6.38. The number of rotatable bonds is 11. The van der Waals surface area contributed by atoms with Gasteiger partial charge in [0.15, 0.2) is 7.11 Å². The van der Waals surface area contributed by atoms with E-state index in [9.17, 15) is 0 Å². The van der Waals surface area contributed by atoms with Crippen LogP contribution in [0.2, 0.25) is 0 Å². The number of aliphatic hydroxyl groups is 1. The van der Waals surface area contributed by atoms with E-state index in [0.717, 1.165) is 49.7 Å². The monoisotopic (exact) mass is 608 g/mol. The Morgan fingerprint density at radius 2 is 1.72 bits per heavy atom. The summed E-state index contributed by atoms with van der Waals surface area (Å²) in [5.74, 6) is 2.86. The fourth-order valence-corrected chi connectivity index (χ4v) is 3.63. The average molecular weight is 610 g/mol. The molecule has 3 aromatic carbocycles. The summed E-state index contributed by atoms with van der Waals surface area (Å²) < 4.78 is 17.5. The normalized spacial score (nSPS) is 11.8. The van der Waals surface area contributed by atoms with Crippen molar-refractivity contribution in [1.82, 2.24) is 5.32 Å². The molecule has 2 N–H and O–H groups in total. The van der Waals surface area contributed by atoms with Crippen LogP contribution in [0.1, 0.15) is 30.5 Å². The number of hydrogen-bond donors (Lipinski definition) is 2. The molecule has 0 bridgehead atoms. The molecule has 0 saturated carbocycles. The number of ether oxygens (including phenoxy) is 3. The lowest BCUT2D eigenvalue weighted by Crippen LogP contribution is -2.01. The second kappa shape index (κ2) is 17.4. The number of aromatic hydroxyl groups is 1. The van der Waals surface area contributed by atoms with E-state index in [-0.39, 0.29) is 0 Å². The fraction of sp³-hybridized carbons (Fsp3) is 0.212. The third kappa shape index (κ3) is 11.6. The Kier molecular flexibility index (Phi) is 14.3. The van der Waals surface area contributed by atoms with E-state index in [1.165, 1.54) is 0 Å². The van der Waals surface area contributed by atoms with Crippen molar-refractivity contribution in [3.8, 4) is 11.5 Å².